The van der Waals surface area contributed by atoms with E-state index >= 15 is 0 Å². The first-order valence-electron chi connectivity index (χ1n) is 4.09. The molecule has 0 aromatic rings. The second-order valence-electron chi connectivity index (χ2n) is 3.23. The Balaban J connectivity index is 2.52. The first kappa shape index (κ1) is 7.13. The van der Waals surface area contributed by atoms with Crippen molar-refractivity contribution in [3.63, 3.8) is 0 Å². The summed E-state index contributed by atoms with van der Waals surface area (Å²) in [4.78, 5) is 0. The van der Waals surface area contributed by atoms with Gasteiger partial charge >= 0.3 is 0 Å². The van der Waals surface area contributed by atoms with Gasteiger partial charge in [-0.3, -0.25) is 0 Å². The van der Waals surface area contributed by atoms with E-state index in [9.17, 15) is 0 Å². The van der Waals surface area contributed by atoms with Gasteiger partial charge in [-0.15, -0.1) is 0 Å². The molecule has 3 aliphatic carbocycles. The zero-order valence-electron chi connectivity index (χ0n) is 6.62. The van der Waals surface area contributed by atoms with Gasteiger partial charge in [0.05, 0.1) is 23.3 Å². The maximum Gasteiger partial charge on any atom is 0.0964 e. The number of hydrogen-bond donors (Lipinski definition) is 0. The summed E-state index contributed by atoms with van der Waals surface area (Å²) in [6.45, 7) is 0. The van der Waals surface area contributed by atoms with Crippen LogP contribution < -0.4 is 0 Å². The monoisotopic (exact) mass is 156 g/mol. The van der Waals surface area contributed by atoms with Crippen molar-refractivity contribution in [2.24, 2.45) is 11.8 Å². The Bertz CT molecular complexity index is 315. The number of nitriles is 2. The zero-order chi connectivity index (χ0) is 8.55. The van der Waals surface area contributed by atoms with E-state index in [0.29, 0.717) is 11.1 Å². The highest BCUT2D eigenvalue weighted by Crippen LogP contribution is 2.39. The van der Waals surface area contributed by atoms with E-state index in [0.717, 1.165) is 12.8 Å². The van der Waals surface area contributed by atoms with E-state index in [1.807, 2.05) is 0 Å². The van der Waals surface area contributed by atoms with Gasteiger partial charge in [0.15, 0.2) is 0 Å². The van der Waals surface area contributed by atoms with Crippen LogP contribution in [0.4, 0.5) is 0 Å². The summed E-state index contributed by atoms with van der Waals surface area (Å²) >= 11 is 0. The molecule has 0 saturated carbocycles. The third-order valence-corrected chi connectivity index (χ3v) is 2.64. The number of fused-ring (bicyclic) bond motifs is 1. The van der Waals surface area contributed by atoms with Gasteiger partial charge in [-0.25, -0.2) is 0 Å². The van der Waals surface area contributed by atoms with Crippen LogP contribution in [-0.4, -0.2) is 0 Å². The Morgan fingerprint density at radius 2 is 1.42 bits per heavy atom. The first-order chi connectivity index (χ1) is 5.86. The zero-order valence-corrected chi connectivity index (χ0v) is 6.62. The van der Waals surface area contributed by atoms with Crippen molar-refractivity contribution in [1.82, 2.24) is 0 Å². The Morgan fingerprint density at radius 1 is 1.00 bits per heavy atom. The Morgan fingerprint density at radius 3 is 1.67 bits per heavy atom. The smallest absolute Gasteiger partial charge is 0.0964 e. The fourth-order valence-electron chi connectivity index (χ4n) is 1.99. The molecule has 2 unspecified atom stereocenters. The molecular formula is C10H8N2. The summed E-state index contributed by atoms with van der Waals surface area (Å²) in [6.07, 6.45) is 6.20. The highest BCUT2D eigenvalue weighted by Gasteiger charge is 2.31. The third kappa shape index (κ3) is 0.787. The molecule has 0 spiro atoms. The Hall–Kier alpha value is -1.54. The molecule has 2 nitrogen and oxygen atoms in total. The maximum atomic E-state index is 8.82. The van der Waals surface area contributed by atoms with Crippen LogP contribution in [-0.2, 0) is 0 Å². The number of rotatable bonds is 0. The van der Waals surface area contributed by atoms with E-state index in [-0.39, 0.29) is 11.8 Å². The standard InChI is InChI=1S/C10H8N2/c11-5-9-7-1-2-8(4-3-7)10(9)6-12/h1-2,7-8H,3-4H2. The predicted molar refractivity (Wildman–Crippen MR) is 43.6 cm³/mol. The lowest BCUT2D eigenvalue weighted by atomic mass is 9.72. The van der Waals surface area contributed by atoms with Crippen molar-refractivity contribution in [1.29, 1.82) is 10.5 Å². The van der Waals surface area contributed by atoms with Crippen LogP contribution in [0.2, 0.25) is 0 Å². The molecule has 3 rings (SSSR count). The summed E-state index contributed by atoms with van der Waals surface area (Å²) in [5.74, 6) is 0.462. The molecule has 0 heterocycles. The molecule has 0 aliphatic heterocycles. The third-order valence-electron chi connectivity index (χ3n) is 2.64. The van der Waals surface area contributed by atoms with Crippen LogP contribution in [0.25, 0.3) is 0 Å². The number of nitrogens with zero attached hydrogens (tertiary/aromatic N) is 2. The van der Waals surface area contributed by atoms with Crippen LogP contribution in [0.5, 0.6) is 0 Å². The van der Waals surface area contributed by atoms with Crippen molar-refractivity contribution in [3.05, 3.63) is 23.3 Å². The van der Waals surface area contributed by atoms with E-state index < -0.39 is 0 Å². The van der Waals surface area contributed by atoms with Gasteiger partial charge in [0, 0.05) is 11.8 Å². The maximum absolute atomic E-state index is 8.82. The molecule has 0 aromatic carbocycles. The summed E-state index contributed by atoms with van der Waals surface area (Å²) < 4.78 is 0. The van der Waals surface area contributed by atoms with E-state index in [2.05, 4.69) is 24.3 Å². The fourth-order valence-corrected chi connectivity index (χ4v) is 1.99. The lowest BCUT2D eigenvalue weighted by molar-refractivity contribution is 0.501. The van der Waals surface area contributed by atoms with Crippen LogP contribution in [0.3, 0.4) is 0 Å². The molecule has 2 atom stereocenters. The van der Waals surface area contributed by atoms with Gasteiger partial charge in [-0.05, 0) is 12.8 Å². The highest BCUT2D eigenvalue weighted by molar-refractivity contribution is 5.48. The van der Waals surface area contributed by atoms with Crippen LogP contribution in [0.1, 0.15) is 12.8 Å². The Kier molecular flexibility index (Phi) is 1.48. The quantitative estimate of drug-likeness (QED) is 0.503. The van der Waals surface area contributed by atoms with Gasteiger partial charge in [0.25, 0.3) is 0 Å². The Labute approximate surface area is 71.4 Å². The molecule has 0 aromatic heterocycles. The highest BCUT2D eigenvalue weighted by atomic mass is 14.4. The van der Waals surface area contributed by atoms with Gasteiger partial charge < -0.3 is 0 Å². The van der Waals surface area contributed by atoms with Gasteiger partial charge in [0.1, 0.15) is 0 Å². The molecule has 2 bridgehead atoms. The summed E-state index contributed by atoms with van der Waals surface area (Å²) in [5, 5.41) is 17.6. The van der Waals surface area contributed by atoms with Crippen molar-refractivity contribution in [2.45, 2.75) is 12.8 Å². The minimum absolute atomic E-state index is 0.231. The normalized spacial score (nSPS) is 31.5. The predicted octanol–water partition coefficient (Wildman–Crippen LogP) is 1.93. The second kappa shape index (κ2) is 2.50. The van der Waals surface area contributed by atoms with Gasteiger partial charge in [0.2, 0.25) is 0 Å². The van der Waals surface area contributed by atoms with E-state index in [4.69, 9.17) is 10.5 Å². The second-order valence-corrected chi connectivity index (χ2v) is 3.23. The van der Waals surface area contributed by atoms with Gasteiger partial charge in [-0.1, -0.05) is 12.2 Å². The first-order valence-corrected chi connectivity index (χ1v) is 4.09. The average molecular weight is 156 g/mol. The number of allylic oxidation sites excluding steroid dienone is 4. The summed E-state index contributed by atoms with van der Waals surface area (Å²) in [7, 11) is 0. The molecular weight excluding hydrogens is 148 g/mol. The largest absolute Gasteiger partial charge is 0.193 e. The SMILES string of the molecule is N#CC1=C(C#N)C2C=CC1CC2. The van der Waals surface area contributed by atoms with Gasteiger partial charge in [-0.2, -0.15) is 10.5 Å². The lowest BCUT2D eigenvalue weighted by Gasteiger charge is -2.29. The summed E-state index contributed by atoms with van der Waals surface area (Å²) in [5.41, 5.74) is 1.41. The fraction of sp³-hybridized carbons (Fsp3) is 0.400. The van der Waals surface area contributed by atoms with Crippen LogP contribution in [0.15, 0.2) is 23.3 Å². The lowest BCUT2D eigenvalue weighted by Crippen LogP contribution is -2.20. The molecule has 0 radical (unpaired) electrons. The molecule has 0 saturated heterocycles. The molecule has 58 valence electrons. The van der Waals surface area contributed by atoms with Crippen LogP contribution >= 0.6 is 0 Å². The van der Waals surface area contributed by atoms with E-state index in [1.54, 1.807) is 0 Å². The van der Waals surface area contributed by atoms with Crippen LogP contribution in [0, 0.1) is 34.5 Å². The minimum atomic E-state index is 0.231. The van der Waals surface area contributed by atoms with Crippen molar-refractivity contribution < 1.29 is 0 Å². The van der Waals surface area contributed by atoms with Crippen molar-refractivity contribution >= 4 is 0 Å². The molecule has 3 aliphatic rings. The van der Waals surface area contributed by atoms with Crippen molar-refractivity contribution in [2.75, 3.05) is 0 Å². The minimum Gasteiger partial charge on any atom is -0.193 e. The summed E-state index contributed by atoms with van der Waals surface area (Å²) in [6, 6.07) is 4.28. The number of hydrogen-bond acceptors (Lipinski definition) is 2. The molecule has 0 amide bonds. The molecule has 0 N–H and O–H groups in total. The van der Waals surface area contributed by atoms with E-state index in [1.165, 1.54) is 0 Å². The molecule has 0 fully saturated rings. The average Bonchev–Trinajstić information content (AvgIpc) is 2.18. The molecule has 2 heteroatoms. The molecule has 12 heavy (non-hydrogen) atoms. The van der Waals surface area contributed by atoms with Crippen molar-refractivity contribution in [3.8, 4) is 12.1 Å². The topological polar surface area (TPSA) is 47.6 Å².